The minimum absolute atomic E-state index is 0.445. The molecule has 0 aliphatic rings. The van der Waals surface area contributed by atoms with E-state index < -0.39 is 41.5 Å². The summed E-state index contributed by atoms with van der Waals surface area (Å²) < 4.78 is 62.8. The van der Waals surface area contributed by atoms with Crippen LogP contribution >= 0.6 is 0 Å². The fourth-order valence-corrected chi connectivity index (χ4v) is 1.29. The summed E-state index contributed by atoms with van der Waals surface area (Å²) in [7, 11) is 0. The molecule has 18 heavy (non-hydrogen) atoms. The van der Waals surface area contributed by atoms with Crippen LogP contribution in [0.3, 0.4) is 0 Å². The van der Waals surface area contributed by atoms with E-state index >= 15 is 0 Å². The monoisotopic (exact) mass is 261 g/mol. The van der Waals surface area contributed by atoms with Crippen molar-refractivity contribution in [2.24, 2.45) is 0 Å². The van der Waals surface area contributed by atoms with Crippen LogP contribution in [0, 0.1) is 22.7 Å². The van der Waals surface area contributed by atoms with Gasteiger partial charge in [0.05, 0.1) is 23.7 Å². The first-order valence-electron chi connectivity index (χ1n) is 4.47. The SMILES string of the molecule is N#CCc1cc(C(F)F)c(C#N)c(C(F)(F)F)n1. The summed E-state index contributed by atoms with van der Waals surface area (Å²) in [5.41, 5.74) is -4.41. The normalized spacial score (nSPS) is 11.1. The fourth-order valence-electron chi connectivity index (χ4n) is 1.29. The highest BCUT2D eigenvalue weighted by Crippen LogP contribution is 2.35. The van der Waals surface area contributed by atoms with Crippen molar-refractivity contribution in [2.45, 2.75) is 19.0 Å². The maximum Gasteiger partial charge on any atom is 0.434 e. The molecule has 1 heterocycles. The van der Waals surface area contributed by atoms with Crippen LogP contribution in [-0.4, -0.2) is 4.98 Å². The molecule has 94 valence electrons. The molecule has 1 rings (SSSR count). The number of nitrogens with zero attached hydrogens (tertiary/aromatic N) is 3. The van der Waals surface area contributed by atoms with E-state index in [4.69, 9.17) is 10.5 Å². The average Bonchev–Trinajstić information content (AvgIpc) is 2.27. The van der Waals surface area contributed by atoms with Gasteiger partial charge in [-0.3, -0.25) is 0 Å². The van der Waals surface area contributed by atoms with Crippen LogP contribution in [0.2, 0.25) is 0 Å². The van der Waals surface area contributed by atoms with E-state index in [9.17, 15) is 22.0 Å². The number of hydrogen-bond donors (Lipinski definition) is 0. The second-order valence-electron chi connectivity index (χ2n) is 3.17. The average molecular weight is 261 g/mol. The molecule has 0 N–H and O–H groups in total. The summed E-state index contributed by atoms with van der Waals surface area (Å²) >= 11 is 0. The molecule has 0 amide bonds. The molecule has 3 nitrogen and oxygen atoms in total. The van der Waals surface area contributed by atoms with E-state index in [0.717, 1.165) is 6.07 Å². The molecule has 8 heteroatoms. The number of rotatable bonds is 2. The molecule has 0 fully saturated rings. The van der Waals surface area contributed by atoms with E-state index in [1.807, 2.05) is 0 Å². The van der Waals surface area contributed by atoms with Gasteiger partial charge in [-0.15, -0.1) is 0 Å². The smallest absolute Gasteiger partial charge is 0.246 e. The first-order valence-corrected chi connectivity index (χ1v) is 4.47. The van der Waals surface area contributed by atoms with Gasteiger partial charge >= 0.3 is 6.18 Å². The minimum atomic E-state index is -5.03. The first-order chi connectivity index (χ1) is 8.31. The lowest BCUT2D eigenvalue weighted by Crippen LogP contribution is -2.14. The second-order valence-corrected chi connectivity index (χ2v) is 3.17. The maximum absolute atomic E-state index is 12.6. The van der Waals surface area contributed by atoms with Gasteiger partial charge < -0.3 is 0 Å². The molecule has 0 saturated carbocycles. The third-order valence-electron chi connectivity index (χ3n) is 1.98. The lowest BCUT2D eigenvalue weighted by atomic mass is 10.0. The lowest BCUT2D eigenvalue weighted by Gasteiger charge is -2.12. The molecule has 0 aliphatic heterocycles. The van der Waals surface area contributed by atoms with E-state index in [2.05, 4.69) is 4.98 Å². The third-order valence-corrected chi connectivity index (χ3v) is 1.98. The zero-order chi connectivity index (χ0) is 13.9. The third kappa shape index (κ3) is 2.72. The second kappa shape index (κ2) is 4.96. The summed E-state index contributed by atoms with van der Waals surface area (Å²) in [5, 5.41) is 16.9. The molecule has 1 aromatic heterocycles. The molecule has 0 aliphatic carbocycles. The Hall–Kier alpha value is -2.22. The summed E-state index contributed by atoms with van der Waals surface area (Å²) in [6.45, 7) is 0. The highest BCUT2D eigenvalue weighted by Gasteiger charge is 2.38. The highest BCUT2D eigenvalue weighted by atomic mass is 19.4. The minimum Gasteiger partial charge on any atom is -0.246 e. The number of halogens is 5. The lowest BCUT2D eigenvalue weighted by molar-refractivity contribution is -0.141. The van der Waals surface area contributed by atoms with Crippen molar-refractivity contribution in [1.82, 2.24) is 4.98 Å². The van der Waals surface area contributed by atoms with Crippen molar-refractivity contribution < 1.29 is 22.0 Å². The zero-order valence-electron chi connectivity index (χ0n) is 8.59. The molecular weight excluding hydrogens is 257 g/mol. The Bertz CT molecular complexity index is 536. The van der Waals surface area contributed by atoms with E-state index in [1.165, 1.54) is 6.07 Å². The van der Waals surface area contributed by atoms with E-state index in [0.29, 0.717) is 6.07 Å². The Morgan fingerprint density at radius 2 is 1.89 bits per heavy atom. The van der Waals surface area contributed by atoms with E-state index in [-0.39, 0.29) is 0 Å². The Morgan fingerprint density at radius 1 is 1.28 bits per heavy atom. The molecule has 0 aromatic carbocycles. The number of pyridine rings is 1. The van der Waals surface area contributed by atoms with Crippen LogP contribution in [0.25, 0.3) is 0 Å². The Labute approximate surface area is 98.1 Å². The van der Waals surface area contributed by atoms with Gasteiger partial charge in [0.15, 0.2) is 5.69 Å². The van der Waals surface area contributed by atoms with Crippen LogP contribution in [0.1, 0.15) is 28.9 Å². The molecule has 0 bridgehead atoms. The Kier molecular flexibility index (Phi) is 3.82. The quantitative estimate of drug-likeness (QED) is 0.769. The standard InChI is InChI=1S/C10H4F5N3/c11-9(12)6-3-5(1-2-16)18-8(7(6)4-17)10(13,14)15/h3,9H,1H2. The molecule has 0 atom stereocenters. The molecule has 0 radical (unpaired) electrons. The first kappa shape index (κ1) is 13.8. The van der Waals surface area contributed by atoms with Crippen molar-refractivity contribution in [3.05, 3.63) is 28.6 Å². The largest absolute Gasteiger partial charge is 0.434 e. The number of nitriles is 2. The van der Waals surface area contributed by atoms with E-state index in [1.54, 1.807) is 0 Å². The molecule has 1 aromatic rings. The van der Waals surface area contributed by atoms with Gasteiger partial charge in [-0.05, 0) is 6.07 Å². The highest BCUT2D eigenvalue weighted by molar-refractivity contribution is 5.44. The van der Waals surface area contributed by atoms with Crippen molar-refractivity contribution in [1.29, 1.82) is 10.5 Å². The maximum atomic E-state index is 12.6. The van der Waals surface area contributed by atoms with Gasteiger partial charge in [0, 0.05) is 5.56 Å². The fraction of sp³-hybridized carbons (Fsp3) is 0.300. The van der Waals surface area contributed by atoms with Crippen molar-refractivity contribution in [2.75, 3.05) is 0 Å². The van der Waals surface area contributed by atoms with Crippen molar-refractivity contribution >= 4 is 0 Å². The predicted octanol–water partition coefficient (Wildman–Crippen LogP) is 2.98. The molecule has 0 spiro atoms. The topological polar surface area (TPSA) is 60.5 Å². The van der Waals surface area contributed by atoms with Crippen molar-refractivity contribution in [3.8, 4) is 12.1 Å². The molecule has 0 saturated heterocycles. The van der Waals surface area contributed by atoms with Crippen LogP contribution in [-0.2, 0) is 12.6 Å². The number of aromatic nitrogens is 1. The molecular formula is C10H4F5N3. The van der Waals surface area contributed by atoms with Gasteiger partial charge in [0.2, 0.25) is 0 Å². The van der Waals surface area contributed by atoms with Gasteiger partial charge in [0.25, 0.3) is 6.43 Å². The number of hydrogen-bond acceptors (Lipinski definition) is 3. The summed E-state index contributed by atoms with van der Waals surface area (Å²) in [6, 6.07) is 3.23. The van der Waals surface area contributed by atoms with Crippen LogP contribution < -0.4 is 0 Å². The van der Waals surface area contributed by atoms with Gasteiger partial charge in [-0.25, -0.2) is 13.8 Å². The summed E-state index contributed by atoms with van der Waals surface area (Å²) in [5.74, 6) is 0. The van der Waals surface area contributed by atoms with Crippen LogP contribution in [0.5, 0.6) is 0 Å². The van der Waals surface area contributed by atoms with Gasteiger partial charge in [0.1, 0.15) is 6.07 Å². The van der Waals surface area contributed by atoms with Crippen molar-refractivity contribution in [3.63, 3.8) is 0 Å². The van der Waals surface area contributed by atoms with Gasteiger partial charge in [-0.2, -0.15) is 23.7 Å². The summed E-state index contributed by atoms with van der Waals surface area (Å²) in [4.78, 5) is 3.04. The Morgan fingerprint density at radius 3 is 2.28 bits per heavy atom. The van der Waals surface area contributed by atoms with Gasteiger partial charge in [-0.1, -0.05) is 0 Å². The molecule has 0 unspecified atom stereocenters. The Balaban J connectivity index is 3.59. The van der Waals surface area contributed by atoms with Crippen LogP contribution in [0.15, 0.2) is 6.07 Å². The zero-order valence-corrected chi connectivity index (χ0v) is 8.59. The predicted molar refractivity (Wildman–Crippen MR) is 48.2 cm³/mol. The summed E-state index contributed by atoms with van der Waals surface area (Å²) in [6.07, 6.45) is -8.82. The van der Waals surface area contributed by atoms with Crippen LogP contribution in [0.4, 0.5) is 22.0 Å². The number of alkyl halides is 5.